The number of nitrogens with two attached hydrogens (primary N) is 1. The summed E-state index contributed by atoms with van der Waals surface area (Å²) < 4.78 is 12.9. The van der Waals surface area contributed by atoms with Crippen molar-refractivity contribution in [2.75, 3.05) is 30.7 Å². The average Bonchev–Trinajstić information content (AvgIpc) is 2.37. The minimum Gasteiger partial charge on any atom is -0.397 e. The second kappa shape index (κ2) is 7.81. The second-order valence-electron chi connectivity index (χ2n) is 4.88. The highest BCUT2D eigenvalue weighted by molar-refractivity contribution is 5.93. The number of halogens is 1. The topological polar surface area (TPSA) is 78.6 Å². The van der Waals surface area contributed by atoms with Crippen LogP contribution in [0.2, 0.25) is 0 Å². The van der Waals surface area contributed by atoms with Gasteiger partial charge in [-0.3, -0.25) is 9.69 Å². The molecule has 0 atom stereocenters. The Hall–Kier alpha value is -1.66. The number of carbonyl (C=O) groups is 1. The number of nitrogens with one attached hydrogen (secondary N) is 1. The van der Waals surface area contributed by atoms with Gasteiger partial charge in [-0.25, -0.2) is 4.39 Å². The van der Waals surface area contributed by atoms with Gasteiger partial charge in [-0.2, -0.15) is 0 Å². The van der Waals surface area contributed by atoms with E-state index in [0.717, 1.165) is 0 Å². The molecule has 20 heavy (non-hydrogen) atoms. The zero-order chi connectivity index (χ0) is 15.1. The molecule has 0 spiro atoms. The molecule has 0 unspecified atom stereocenters. The number of nitrogen functional groups attached to an aromatic ring is 1. The Bertz CT molecular complexity index is 452. The minimum absolute atomic E-state index is 0.0602. The minimum atomic E-state index is -0.436. The van der Waals surface area contributed by atoms with Gasteiger partial charge in [0.15, 0.2) is 0 Å². The maximum atomic E-state index is 12.9. The van der Waals surface area contributed by atoms with Crippen LogP contribution in [0.5, 0.6) is 0 Å². The number of aliphatic hydroxyl groups is 1. The number of rotatable bonds is 7. The summed E-state index contributed by atoms with van der Waals surface area (Å²) in [6.45, 7) is 5.15. The van der Waals surface area contributed by atoms with E-state index in [-0.39, 0.29) is 30.7 Å². The third-order valence-electron chi connectivity index (χ3n) is 3.03. The zero-order valence-electron chi connectivity index (χ0n) is 11.9. The van der Waals surface area contributed by atoms with Crippen LogP contribution in [0.3, 0.4) is 0 Å². The maximum absolute atomic E-state index is 12.9. The Labute approximate surface area is 118 Å². The normalized spacial score (nSPS) is 11.1. The molecule has 0 aliphatic rings. The molecule has 1 aromatic rings. The summed E-state index contributed by atoms with van der Waals surface area (Å²) in [5, 5.41) is 11.6. The molecule has 0 bridgehead atoms. The van der Waals surface area contributed by atoms with Crippen molar-refractivity contribution in [2.45, 2.75) is 26.3 Å². The molecule has 4 N–H and O–H groups in total. The van der Waals surface area contributed by atoms with E-state index in [1.807, 2.05) is 18.7 Å². The quantitative estimate of drug-likeness (QED) is 0.662. The highest BCUT2D eigenvalue weighted by Gasteiger charge is 2.12. The van der Waals surface area contributed by atoms with E-state index >= 15 is 0 Å². The number of nitrogens with zero attached hydrogens (tertiary/aromatic N) is 1. The van der Waals surface area contributed by atoms with Crippen LogP contribution in [-0.2, 0) is 4.79 Å². The predicted molar refractivity (Wildman–Crippen MR) is 77.9 cm³/mol. The van der Waals surface area contributed by atoms with E-state index < -0.39 is 5.82 Å². The summed E-state index contributed by atoms with van der Waals surface area (Å²) in [6, 6.07) is 4.11. The number of hydrogen-bond donors (Lipinski definition) is 3. The molecule has 0 fully saturated rings. The molecule has 0 heterocycles. The van der Waals surface area contributed by atoms with Crippen molar-refractivity contribution < 1.29 is 14.3 Å². The number of anilines is 2. The summed E-state index contributed by atoms with van der Waals surface area (Å²) in [7, 11) is 0. The van der Waals surface area contributed by atoms with Gasteiger partial charge in [0.25, 0.3) is 0 Å². The first-order valence-corrected chi connectivity index (χ1v) is 6.63. The van der Waals surface area contributed by atoms with Crippen molar-refractivity contribution in [3.63, 3.8) is 0 Å². The fourth-order valence-electron chi connectivity index (χ4n) is 1.86. The third-order valence-corrected chi connectivity index (χ3v) is 3.03. The molecule has 6 heteroatoms. The Kier molecular flexibility index (Phi) is 6.41. The van der Waals surface area contributed by atoms with Gasteiger partial charge >= 0.3 is 0 Å². The van der Waals surface area contributed by atoms with Gasteiger partial charge in [0.1, 0.15) is 5.82 Å². The predicted octanol–water partition coefficient (Wildman–Crippen LogP) is 1.44. The van der Waals surface area contributed by atoms with E-state index in [4.69, 9.17) is 10.8 Å². The van der Waals surface area contributed by atoms with Gasteiger partial charge in [0.05, 0.1) is 18.0 Å². The summed E-state index contributed by atoms with van der Waals surface area (Å²) in [6.07, 6.45) is 0.287. The molecule has 0 aliphatic heterocycles. The van der Waals surface area contributed by atoms with E-state index in [9.17, 15) is 9.18 Å². The molecule has 1 amide bonds. The van der Waals surface area contributed by atoms with Gasteiger partial charge in [-0.1, -0.05) is 0 Å². The molecule has 0 saturated carbocycles. The van der Waals surface area contributed by atoms with Crippen LogP contribution in [0.15, 0.2) is 18.2 Å². The van der Waals surface area contributed by atoms with Crippen molar-refractivity contribution in [3.05, 3.63) is 24.0 Å². The molecule has 0 aromatic heterocycles. The zero-order valence-corrected chi connectivity index (χ0v) is 11.9. The fraction of sp³-hybridized carbons (Fsp3) is 0.500. The molecule has 0 saturated heterocycles. The second-order valence-corrected chi connectivity index (χ2v) is 4.88. The highest BCUT2D eigenvalue weighted by Crippen LogP contribution is 2.19. The molecular formula is C14H22FN3O2. The molecule has 0 aliphatic carbocycles. The van der Waals surface area contributed by atoms with Crippen LogP contribution in [0.1, 0.15) is 20.3 Å². The van der Waals surface area contributed by atoms with Crippen LogP contribution in [-0.4, -0.2) is 41.7 Å². The van der Waals surface area contributed by atoms with Crippen LogP contribution in [0.4, 0.5) is 15.8 Å². The molecule has 0 radical (unpaired) electrons. The average molecular weight is 283 g/mol. The lowest BCUT2D eigenvalue weighted by Crippen LogP contribution is -2.35. The van der Waals surface area contributed by atoms with E-state index in [2.05, 4.69) is 5.32 Å². The molecule has 1 aromatic carbocycles. The van der Waals surface area contributed by atoms with Crippen LogP contribution in [0.25, 0.3) is 0 Å². The van der Waals surface area contributed by atoms with Gasteiger partial charge in [0, 0.05) is 25.6 Å². The van der Waals surface area contributed by atoms with Crippen molar-refractivity contribution in [1.82, 2.24) is 4.90 Å². The van der Waals surface area contributed by atoms with Crippen LogP contribution in [0, 0.1) is 5.82 Å². The number of amides is 1. The lowest BCUT2D eigenvalue weighted by atomic mass is 10.2. The van der Waals surface area contributed by atoms with Crippen molar-refractivity contribution in [2.24, 2.45) is 0 Å². The Morgan fingerprint density at radius 3 is 2.70 bits per heavy atom. The van der Waals surface area contributed by atoms with Crippen LogP contribution >= 0.6 is 0 Å². The van der Waals surface area contributed by atoms with Crippen LogP contribution < -0.4 is 11.1 Å². The summed E-state index contributed by atoms with van der Waals surface area (Å²) in [4.78, 5) is 13.8. The van der Waals surface area contributed by atoms with Gasteiger partial charge in [-0.05, 0) is 32.0 Å². The highest BCUT2D eigenvalue weighted by atomic mass is 19.1. The van der Waals surface area contributed by atoms with Crippen molar-refractivity contribution in [1.29, 1.82) is 0 Å². The monoisotopic (exact) mass is 283 g/mol. The summed E-state index contributed by atoms with van der Waals surface area (Å²) in [5.74, 6) is -0.624. The van der Waals surface area contributed by atoms with Gasteiger partial charge < -0.3 is 16.2 Å². The molecule has 1 rings (SSSR count). The number of hydrogen-bond acceptors (Lipinski definition) is 4. The van der Waals surface area contributed by atoms with Crippen molar-refractivity contribution in [3.8, 4) is 0 Å². The van der Waals surface area contributed by atoms with Gasteiger partial charge in [-0.15, -0.1) is 0 Å². The number of benzene rings is 1. The van der Waals surface area contributed by atoms with E-state index in [1.54, 1.807) is 0 Å². The summed E-state index contributed by atoms with van der Waals surface area (Å²) in [5.41, 5.74) is 6.24. The Balaban J connectivity index is 2.51. The van der Waals surface area contributed by atoms with E-state index in [1.165, 1.54) is 18.2 Å². The smallest absolute Gasteiger partial charge is 0.225 e. The lowest BCUT2D eigenvalue weighted by molar-refractivity contribution is -0.116. The van der Waals surface area contributed by atoms with Gasteiger partial charge in [0.2, 0.25) is 5.91 Å². The maximum Gasteiger partial charge on any atom is 0.225 e. The number of carbonyl (C=O) groups excluding carboxylic acids is 1. The first kappa shape index (κ1) is 16.4. The fourth-order valence-corrected chi connectivity index (χ4v) is 1.86. The van der Waals surface area contributed by atoms with E-state index in [0.29, 0.717) is 18.8 Å². The largest absolute Gasteiger partial charge is 0.397 e. The first-order chi connectivity index (χ1) is 9.43. The van der Waals surface area contributed by atoms with Crippen molar-refractivity contribution >= 4 is 17.3 Å². The first-order valence-electron chi connectivity index (χ1n) is 6.63. The molecule has 5 nitrogen and oxygen atoms in total. The molecular weight excluding hydrogens is 261 g/mol. The SMILES string of the molecule is CC(C)N(CCO)CCC(=O)Nc1ccc(F)cc1N. The Morgan fingerprint density at radius 1 is 1.45 bits per heavy atom. The lowest BCUT2D eigenvalue weighted by Gasteiger charge is -2.25. The number of aliphatic hydroxyl groups excluding tert-OH is 1. The standard InChI is InChI=1S/C14H22FN3O2/c1-10(2)18(7-8-19)6-5-14(20)17-13-4-3-11(15)9-12(13)16/h3-4,9-10,19H,5-8,16H2,1-2H3,(H,17,20). The Morgan fingerprint density at radius 2 is 2.15 bits per heavy atom. The summed E-state index contributed by atoms with van der Waals surface area (Å²) >= 11 is 0. The third kappa shape index (κ3) is 5.14. The molecule has 112 valence electrons.